The van der Waals surface area contributed by atoms with Crippen molar-refractivity contribution in [3.8, 4) is 0 Å². The minimum atomic E-state index is -0.434. The molecule has 1 N–H and O–H groups in total. The number of amides is 4. The van der Waals surface area contributed by atoms with E-state index < -0.39 is 12.1 Å². The van der Waals surface area contributed by atoms with Gasteiger partial charge in [0.15, 0.2) is 5.17 Å². The van der Waals surface area contributed by atoms with Crippen LogP contribution in [-0.4, -0.2) is 53.4 Å². The molecule has 1 aromatic carbocycles. The monoisotopic (exact) mass is 404 g/mol. The van der Waals surface area contributed by atoms with Gasteiger partial charge in [-0.2, -0.15) is 4.99 Å². The predicted octanol–water partition coefficient (Wildman–Crippen LogP) is 5.03. The van der Waals surface area contributed by atoms with Crippen LogP contribution < -0.4 is 5.32 Å². The van der Waals surface area contributed by atoms with Crippen LogP contribution in [0, 0.1) is 0 Å². The fourth-order valence-electron chi connectivity index (χ4n) is 1.85. The van der Waals surface area contributed by atoms with E-state index in [-0.39, 0.29) is 6.04 Å². The van der Waals surface area contributed by atoms with Gasteiger partial charge < -0.3 is 10.2 Å². The molecule has 1 rings (SSSR count). The highest BCUT2D eigenvalue weighted by atomic mass is 35.5. The molecule has 0 aliphatic heterocycles. The zero-order chi connectivity index (χ0) is 19.1. The SMILES string of the molecule is CCC(C)N(C(=O)Nc1cc(Cl)cc(Cl)c1)C(=NC(=O)N(C)C)SC. The summed E-state index contributed by atoms with van der Waals surface area (Å²) in [5.41, 5.74) is 0.468. The molecule has 0 fully saturated rings. The van der Waals surface area contributed by atoms with Crippen LogP contribution in [-0.2, 0) is 0 Å². The summed E-state index contributed by atoms with van der Waals surface area (Å²) in [5, 5.41) is 3.91. The molecule has 4 amide bonds. The normalized spacial score (nSPS) is 12.5. The number of nitrogens with one attached hydrogen (secondary N) is 1. The topological polar surface area (TPSA) is 65.0 Å². The van der Waals surface area contributed by atoms with Gasteiger partial charge in [-0.25, -0.2) is 9.59 Å². The van der Waals surface area contributed by atoms with E-state index in [1.807, 2.05) is 13.8 Å². The summed E-state index contributed by atoms with van der Waals surface area (Å²) in [6.45, 7) is 3.84. The first-order valence-electron chi connectivity index (χ1n) is 7.59. The van der Waals surface area contributed by atoms with Gasteiger partial charge in [0.25, 0.3) is 0 Å². The minimum Gasteiger partial charge on any atom is -0.329 e. The number of rotatable bonds is 3. The van der Waals surface area contributed by atoms with E-state index in [9.17, 15) is 9.59 Å². The first kappa shape index (κ1) is 21.6. The lowest BCUT2D eigenvalue weighted by Gasteiger charge is -2.29. The number of urea groups is 2. The molecule has 0 aliphatic carbocycles. The van der Waals surface area contributed by atoms with Crippen LogP contribution in [0.1, 0.15) is 20.3 Å². The van der Waals surface area contributed by atoms with Crippen LogP contribution in [0.15, 0.2) is 23.2 Å². The highest BCUT2D eigenvalue weighted by Crippen LogP contribution is 2.23. The van der Waals surface area contributed by atoms with Gasteiger partial charge in [0.05, 0.1) is 0 Å². The van der Waals surface area contributed by atoms with Crippen molar-refractivity contribution in [3.05, 3.63) is 28.2 Å². The Morgan fingerprint density at radius 2 is 1.80 bits per heavy atom. The average molecular weight is 405 g/mol. The third-order valence-electron chi connectivity index (χ3n) is 3.33. The minimum absolute atomic E-state index is 0.157. The van der Waals surface area contributed by atoms with Gasteiger partial charge in [0.2, 0.25) is 0 Å². The maximum absolute atomic E-state index is 12.8. The second-order valence-corrected chi connectivity index (χ2v) is 7.14. The molecule has 1 atom stereocenters. The summed E-state index contributed by atoms with van der Waals surface area (Å²) in [5.74, 6) is 0. The predicted molar refractivity (Wildman–Crippen MR) is 107 cm³/mol. The molecule has 138 valence electrons. The largest absolute Gasteiger partial charge is 0.345 e. The van der Waals surface area contributed by atoms with Crippen LogP contribution in [0.5, 0.6) is 0 Å². The van der Waals surface area contributed by atoms with Crippen molar-refractivity contribution in [1.82, 2.24) is 9.80 Å². The number of thioether (sulfide) groups is 1. The molecular formula is C16H22Cl2N4O2S. The smallest absolute Gasteiger partial charge is 0.329 e. The third-order valence-corrected chi connectivity index (χ3v) is 4.42. The van der Waals surface area contributed by atoms with E-state index in [1.54, 1.807) is 38.6 Å². The molecule has 1 aromatic rings. The molecule has 0 aromatic heterocycles. The summed E-state index contributed by atoms with van der Waals surface area (Å²) in [6.07, 6.45) is 2.46. The van der Waals surface area contributed by atoms with Crippen molar-refractivity contribution in [1.29, 1.82) is 0 Å². The van der Waals surface area contributed by atoms with Crippen LogP contribution in [0.2, 0.25) is 10.0 Å². The maximum Gasteiger partial charge on any atom is 0.345 e. The zero-order valence-electron chi connectivity index (χ0n) is 14.8. The summed E-state index contributed by atoms with van der Waals surface area (Å²) in [4.78, 5) is 31.6. The summed E-state index contributed by atoms with van der Waals surface area (Å²) >= 11 is 13.2. The Morgan fingerprint density at radius 3 is 2.24 bits per heavy atom. The van der Waals surface area contributed by atoms with E-state index >= 15 is 0 Å². The quantitative estimate of drug-likeness (QED) is 0.567. The number of carbonyl (C=O) groups excluding carboxylic acids is 2. The third kappa shape index (κ3) is 6.41. The number of nitrogens with zero attached hydrogens (tertiary/aromatic N) is 3. The highest BCUT2D eigenvalue weighted by molar-refractivity contribution is 8.13. The van der Waals surface area contributed by atoms with Crippen LogP contribution in [0.4, 0.5) is 15.3 Å². The number of carbonyl (C=O) groups is 2. The Balaban J connectivity index is 3.15. The van der Waals surface area contributed by atoms with Crippen molar-refractivity contribution in [3.63, 3.8) is 0 Å². The fourth-order valence-corrected chi connectivity index (χ4v) is 3.00. The molecule has 0 aliphatic rings. The maximum atomic E-state index is 12.8. The first-order chi connectivity index (χ1) is 11.7. The van der Waals surface area contributed by atoms with Gasteiger partial charge in [-0.15, -0.1) is 0 Å². The molecule has 9 heteroatoms. The van der Waals surface area contributed by atoms with Gasteiger partial charge in [-0.05, 0) is 37.8 Å². The summed E-state index contributed by atoms with van der Waals surface area (Å²) in [7, 11) is 3.21. The Bertz CT molecular complexity index is 647. The van der Waals surface area contributed by atoms with Crippen molar-refractivity contribution in [2.75, 3.05) is 25.7 Å². The molecular weight excluding hydrogens is 383 g/mol. The van der Waals surface area contributed by atoms with Crippen molar-refractivity contribution in [2.24, 2.45) is 4.99 Å². The lowest BCUT2D eigenvalue weighted by Crippen LogP contribution is -2.45. The van der Waals surface area contributed by atoms with E-state index in [2.05, 4.69) is 10.3 Å². The molecule has 0 heterocycles. The average Bonchev–Trinajstić information content (AvgIpc) is 2.52. The van der Waals surface area contributed by atoms with Gasteiger partial charge in [-0.1, -0.05) is 41.9 Å². The molecule has 1 unspecified atom stereocenters. The molecule has 25 heavy (non-hydrogen) atoms. The Hall–Kier alpha value is -1.44. The summed E-state index contributed by atoms with van der Waals surface area (Å²) < 4.78 is 0. The molecule has 0 radical (unpaired) electrons. The van der Waals surface area contributed by atoms with Crippen LogP contribution in [0.3, 0.4) is 0 Å². The summed E-state index contributed by atoms with van der Waals surface area (Å²) in [6, 6.07) is 3.77. The number of hydrogen-bond acceptors (Lipinski definition) is 3. The molecule has 0 bridgehead atoms. The number of hydrogen-bond donors (Lipinski definition) is 1. The van der Waals surface area contributed by atoms with Crippen molar-refractivity contribution in [2.45, 2.75) is 26.3 Å². The van der Waals surface area contributed by atoms with E-state index in [4.69, 9.17) is 23.2 Å². The molecule has 6 nitrogen and oxygen atoms in total. The number of benzene rings is 1. The van der Waals surface area contributed by atoms with Gasteiger partial charge in [0.1, 0.15) is 0 Å². The van der Waals surface area contributed by atoms with E-state index in [1.165, 1.54) is 21.6 Å². The van der Waals surface area contributed by atoms with E-state index in [0.717, 1.165) is 0 Å². The first-order valence-corrected chi connectivity index (χ1v) is 9.57. The zero-order valence-corrected chi connectivity index (χ0v) is 17.2. The van der Waals surface area contributed by atoms with Gasteiger partial charge in [-0.3, -0.25) is 4.90 Å². The van der Waals surface area contributed by atoms with Crippen LogP contribution in [0.25, 0.3) is 0 Å². The van der Waals surface area contributed by atoms with Crippen molar-refractivity contribution < 1.29 is 9.59 Å². The number of halogens is 2. The highest BCUT2D eigenvalue weighted by Gasteiger charge is 2.25. The number of amidine groups is 1. The molecule has 0 saturated carbocycles. The second-order valence-electron chi connectivity index (χ2n) is 5.49. The standard InChI is InChI=1S/C16H22Cl2N4O2S/c1-6-10(2)22(16(25-5)20-14(23)21(3)4)15(24)19-13-8-11(17)7-12(18)9-13/h7-10H,6H2,1-5H3,(H,19,24). The number of anilines is 1. The molecule has 0 saturated heterocycles. The van der Waals surface area contributed by atoms with Gasteiger partial charge >= 0.3 is 12.1 Å². The Morgan fingerprint density at radius 1 is 1.24 bits per heavy atom. The lowest BCUT2D eigenvalue weighted by molar-refractivity contribution is 0.222. The number of aliphatic imine (C=N–C) groups is 1. The van der Waals surface area contributed by atoms with Crippen LogP contribution >= 0.6 is 35.0 Å². The van der Waals surface area contributed by atoms with E-state index in [0.29, 0.717) is 27.3 Å². The van der Waals surface area contributed by atoms with Crippen molar-refractivity contribution >= 4 is 57.9 Å². The Kier molecular flexibility index (Phi) is 8.55. The molecule has 0 spiro atoms. The van der Waals surface area contributed by atoms with Gasteiger partial charge in [0, 0.05) is 35.9 Å². The fraction of sp³-hybridized carbons (Fsp3) is 0.438. The Labute approximate surface area is 162 Å². The lowest BCUT2D eigenvalue weighted by atomic mass is 10.2. The second kappa shape index (κ2) is 9.89.